The topological polar surface area (TPSA) is 9.23 Å². The summed E-state index contributed by atoms with van der Waals surface area (Å²) in [5.74, 6) is 0. The first-order chi connectivity index (χ1) is 9.54. The van der Waals surface area contributed by atoms with Gasteiger partial charge in [-0.15, -0.1) is 0 Å². The molecule has 0 heterocycles. The standard InChI is InChI=1S/C18H20OSi/c1-20(2,3)19-13-18-16-10-6-4-8-14(16)12-15-9-5-7-11-17(15)18/h4-12H,13H2,1-3H3. The maximum absolute atomic E-state index is 6.17. The van der Waals surface area contributed by atoms with E-state index in [0.717, 1.165) is 0 Å². The minimum Gasteiger partial charge on any atom is -0.413 e. The second-order valence-electron chi connectivity index (χ2n) is 6.20. The van der Waals surface area contributed by atoms with Crippen LogP contribution in [0.15, 0.2) is 54.6 Å². The lowest BCUT2D eigenvalue weighted by Gasteiger charge is -2.19. The predicted molar refractivity (Wildman–Crippen MR) is 89.6 cm³/mol. The molecule has 0 spiro atoms. The summed E-state index contributed by atoms with van der Waals surface area (Å²) < 4.78 is 6.17. The fourth-order valence-corrected chi connectivity index (χ4v) is 3.13. The molecule has 0 aliphatic carbocycles. The van der Waals surface area contributed by atoms with Crippen molar-refractivity contribution in [2.75, 3.05) is 0 Å². The van der Waals surface area contributed by atoms with E-state index in [0.29, 0.717) is 6.61 Å². The lowest BCUT2D eigenvalue weighted by atomic mass is 9.97. The van der Waals surface area contributed by atoms with Gasteiger partial charge in [-0.1, -0.05) is 48.5 Å². The van der Waals surface area contributed by atoms with Crippen LogP contribution in [-0.2, 0) is 11.0 Å². The lowest BCUT2D eigenvalue weighted by molar-refractivity contribution is 0.302. The average molecular weight is 280 g/mol. The third-order valence-electron chi connectivity index (χ3n) is 3.53. The van der Waals surface area contributed by atoms with Gasteiger partial charge in [-0.3, -0.25) is 0 Å². The molecule has 0 saturated carbocycles. The van der Waals surface area contributed by atoms with E-state index < -0.39 is 8.32 Å². The first kappa shape index (κ1) is 13.3. The van der Waals surface area contributed by atoms with Crippen LogP contribution in [0.25, 0.3) is 21.5 Å². The monoisotopic (exact) mass is 280 g/mol. The molecule has 0 N–H and O–H groups in total. The van der Waals surface area contributed by atoms with Crippen molar-refractivity contribution in [3.8, 4) is 0 Å². The summed E-state index contributed by atoms with van der Waals surface area (Å²) in [4.78, 5) is 0. The maximum atomic E-state index is 6.17. The van der Waals surface area contributed by atoms with E-state index in [1.54, 1.807) is 0 Å². The fraction of sp³-hybridized carbons (Fsp3) is 0.222. The third-order valence-corrected chi connectivity index (χ3v) is 4.54. The van der Waals surface area contributed by atoms with Gasteiger partial charge in [0, 0.05) is 0 Å². The van der Waals surface area contributed by atoms with Gasteiger partial charge in [0.1, 0.15) is 0 Å². The zero-order valence-corrected chi connectivity index (χ0v) is 13.3. The molecular weight excluding hydrogens is 260 g/mol. The minimum atomic E-state index is -1.51. The van der Waals surface area contributed by atoms with Crippen molar-refractivity contribution in [3.05, 3.63) is 60.2 Å². The molecule has 1 nitrogen and oxygen atoms in total. The highest BCUT2D eigenvalue weighted by molar-refractivity contribution is 6.69. The Labute approximate surface area is 121 Å². The molecule has 102 valence electrons. The number of fused-ring (bicyclic) bond motifs is 2. The Hall–Kier alpha value is -1.64. The Morgan fingerprint density at radius 1 is 0.800 bits per heavy atom. The SMILES string of the molecule is C[Si](C)(C)OCc1c2ccccc2cc2ccccc12. The van der Waals surface area contributed by atoms with Crippen LogP contribution in [0.3, 0.4) is 0 Å². The van der Waals surface area contributed by atoms with Gasteiger partial charge in [-0.05, 0) is 52.8 Å². The minimum absolute atomic E-state index is 0.706. The molecule has 0 aliphatic rings. The van der Waals surface area contributed by atoms with Gasteiger partial charge in [-0.25, -0.2) is 0 Å². The van der Waals surface area contributed by atoms with Gasteiger partial charge in [0.15, 0.2) is 8.32 Å². The van der Waals surface area contributed by atoms with Gasteiger partial charge in [-0.2, -0.15) is 0 Å². The molecule has 0 aromatic heterocycles. The summed E-state index contributed by atoms with van der Waals surface area (Å²) in [6, 6.07) is 19.4. The Morgan fingerprint density at radius 2 is 1.30 bits per heavy atom. The molecule has 0 fully saturated rings. The van der Waals surface area contributed by atoms with Gasteiger partial charge >= 0.3 is 0 Å². The summed E-state index contributed by atoms with van der Waals surface area (Å²) in [5, 5.41) is 5.20. The Kier molecular flexibility index (Phi) is 3.36. The summed E-state index contributed by atoms with van der Waals surface area (Å²) in [5.41, 5.74) is 1.32. The van der Waals surface area contributed by atoms with E-state index in [1.165, 1.54) is 27.1 Å². The fourth-order valence-electron chi connectivity index (χ4n) is 2.55. The molecule has 0 radical (unpaired) electrons. The van der Waals surface area contributed by atoms with Crippen molar-refractivity contribution >= 4 is 29.9 Å². The maximum Gasteiger partial charge on any atom is 0.184 e. The molecule has 0 saturated heterocycles. The van der Waals surface area contributed by atoms with Crippen molar-refractivity contribution in [3.63, 3.8) is 0 Å². The Bertz CT molecular complexity index is 702. The van der Waals surface area contributed by atoms with Crippen molar-refractivity contribution in [1.29, 1.82) is 0 Å². The number of benzene rings is 3. The van der Waals surface area contributed by atoms with Crippen LogP contribution in [-0.4, -0.2) is 8.32 Å². The number of rotatable bonds is 3. The molecule has 2 heteroatoms. The van der Waals surface area contributed by atoms with Crippen LogP contribution in [0.5, 0.6) is 0 Å². The number of hydrogen-bond acceptors (Lipinski definition) is 1. The predicted octanol–water partition coefficient (Wildman–Crippen LogP) is 5.34. The molecule has 3 aromatic carbocycles. The second-order valence-corrected chi connectivity index (χ2v) is 10.7. The van der Waals surface area contributed by atoms with Crippen LogP contribution >= 0.6 is 0 Å². The molecule has 3 aromatic rings. The largest absolute Gasteiger partial charge is 0.413 e. The highest BCUT2D eigenvalue weighted by Crippen LogP contribution is 2.29. The summed E-state index contributed by atoms with van der Waals surface area (Å²) in [6.07, 6.45) is 0. The molecule has 20 heavy (non-hydrogen) atoms. The highest BCUT2D eigenvalue weighted by atomic mass is 28.4. The first-order valence-corrected chi connectivity index (χ1v) is 10.5. The van der Waals surface area contributed by atoms with E-state index in [4.69, 9.17) is 4.43 Å². The normalized spacial score (nSPS) is 12.2. The van der Waals surface area contributed by atoms with E-state index in [1.807, 2.05) is 0 Å². The molecular formula is C18H20OSi. The molecule has 0 bridgehead atoms. The molecule has 0 aliphatic heterocycles. The smallest absolute Gasteiger partial charge is 0.184 e. The Morgan fingerprint density at radius 3 is 1.80 bits per heavy atom. The van der Waals surface area contributed by atoms with Gasteiger partial charge in [0.05, 0.1) is 6.61 Å². The first-order valence-electron chi connectivity index (χ1n) is 7.08. The highest BCUT2D eigenvalue weighted by Gasteiger charge is 2.16. The van der Waals surface area contributed by atoms with Crippen molar-refractivity contribution in [1.82, 2.24) is 0 Å². The van der Waals surface area contributed by atoms with E-state index in [2.05, 4.69) is 74.2 Å². The van der Waals surface area contributed by atoms with E-state index in [9.17, 15) is 0 Å². The van der Waals surface area contributed by atoms with Gasteiger partial charge in [0.25, 0.3) is 0 Å². The molecule has 0 unspecified atom stereocenters. The van der Waals surface area contributed by atoms with Crippen LogP contribution in [0.2, 0.25) is 19.6 Å². The molecule has 0 amide bonds. The van der Waals surface area contributed by atoms with Crippen molar-refractivity contribution in [2.24, 2.45) is 0 Å². The summed E-state index contributed by atoms with van der Waals surface area (Å²) in [7, 11) is -1.51. The Balaban J connectivity index is 2.22. The molecule has 3 rings (SSSR count). The average Bonchev–Trinajstić information content (AvgIpc) is 2.42. The van der Waals surface area contributed by atoms with Crippen LogP contribution in [0.1, 0.15) is 5.56 Å². The van der Waals surface area contributed by atoms with Gasteiger partial charge < -0.3 is 4.43 Å². The van der Waals surface area contributed by atoms with Crippen LogP contribution in [0, 0.1) is 0 Å². The zero-order chi connectivity index (χ0) is 14.2. The lowest BCUT2D eigenvalue weighted by Crippen LogP contribution is -2.24. The van der Waals surface area contributed by atoms with E-state index >= 15 is 0 Å². The van der Waals surface area contributed by atoms with Crippen LogP contribution < -0.4 is 0 Å². The summed E-state index contributed by atoms with van der Waals surface area (Å²) >= 11 is 0. The van der Waals surface area contributed by atoms with E-state index in [-0.39, 0.29) is 0 Å². The quantitative estimate of drug-likeness (QED) is 0.464. The number of hydrogen-bond donors (Lipinski definition) is 0. The van der Waals surface area contributed by atoms with Gasteiger partial charge in [0.2, 0.25) is 0 Å². The molecule has 0 atom stereocenters. The van der Waals surface area contributed by atoms with Crippen LogP contribution in [0.4, 0.5) is 0 Å². The van der Waals surface area contributed by atoms with Crippen molar-refractivity contribution in [2.45, 2.75) is 26.2 Å². The second kappa shape index (κ2) is 5.04. The third kappa shape index (κ3) is 2.62. The zero-order valence-electron chi connectivity index (χ0n) is 12.3. The summed E-state index contributed by atoms with van der Waals surface area (Å²) in [6.45, 7) is 7.42. The van der Waals surface area contributed by atoms with Crippen molar-refractivity contribution < 1.29 is 4.43 Å².